The maximum Gasteiger partial charge on any atom is 0.330 e. The van der Waals surface area contributed by atoms with Crippen LogP contribution in [0, 0.1) is 12.3 Å². The van der Waals surface area contributed by atoms with E-state index in [2.05, 4.69) is 11.2 Å². The van der Waals surface area contributed by atoms with Crippen LogP contribution < -0.4 is 0 Å². The van der Waals surface area contributed by atoms with Crippen molar-refractivity contribution in [2.75, 3.05) is 7.11 Å². The molecular formula is C9H13O2. The number of methoxy groups -OCH3 is 1. The zero-order valence-corrected chi connectivity index (χ0v) is 6.75. The van der Waals surface area contributed by atoms with E-state index in [4.69, 9.17) is 0 Å². The summed E-state index contributed by atoms with van der Waals surface area (Å²) >= 11 is 0. The third-order valence-electron chi connectivity index (χ3n) is 1.73. The molecule has 1 aliphatic rings. The first-order valence-corrected chi connectivity index (χ1v) is 3.90. The van der Waals surface area contributed by atoms with E-state index in [9.17, 15) is 4.79 Å². The second-order valence-corrected chi connectivity index (χ2v) is 2.73. The van der Waals surface area contributed by atoms with E-state index in [0.29, 0.717) is 0 Å². The lowest BCUT2D eigenvalue weighted by Crippen LogP contribution is -1.93. The molecule has 2 nitrogen and oxygen atoms in total. The van der Waals surface area contributed by atoms with E-state index < -0.39 is 0 Å². The van der Waals surface area contributed by atoms with Gasteiger partial charge < -0.3 is 4.74 Å². The van der Waals surface area contributed by atoms with Crippen molar-refractivity contribution in [2.45, 2.75) is 19.3 Å². The molecule has 1 saturated carbocycles. The topological polar surface area (TPSA) is 26.3 Å². The summed E-state index contributed by atoms with van der Waals surface area (Å²) < 4.78 is 4.44. The summed E-state index contributed by atoms with van der Waals surface area (Å²) in [7, 11) is 1.39. The fourth-order valence-corrected chi connectivity index (χ4v) is 0.890. The number of ether oxygens (including phenoxy) is 1. The molecule has 0 heterocycles. The molecule has 1 atom stereocenters. The lowest BCUT2D eigenvalue weighted by Gasteiger charge is -1.90. The van der Waals surface area contributed by atoms with Crippen LogP contribution in [0.1, 0.15) is 19.3 Å². The van der Waals surface area contributed by atoms with Gasteiger partial charge in [0, 0.05) is 6.08 Å². The molecule has 0 N–H and O–H groups in total. The summed E-state index contributed by atoms with van der Waals surface area (Å²) in [6, 6.07) is 0. The van der Waals surface area contributed by atoms with Crippen molar-refractivity contribution in [1.29, 1.82) is 0 Å². The summed E-state index contributed by atoms with van der Waals surface area (Å²) in [5.74, 6) is 0.557. The quantitative estimate of drug-likeness (QED) is 0.454. The minimum atomic E-state index is -0.259. The molecule has 11 heavy (non-hydrogen) atoms. The van der Waals surface area contributed by atoms with Crippen molar-refractivity contribution in [3.63, 3.8) is 0 Å². The van der Waals surface area contributed by atoms with Crippen LogP contribution in [0.4, 0.5) is 0 Å². The highest BCUT2D eigenvalue weighted by Gasteiger charge is 2.19. The number of allylic oxidation sites excluding steroid dienone is 1. The van der Waals surface area contributed by atoms with E-state index in [-0.39, 0.29) is 5.97 Å². The van der Waals surface area contributed by atoms with Gasteiger partial charge in [0.1, 0.15) is 0 Å². The van der Waals surface area contributed by atoms with Gasteiger partial charge in [-0.05, 0) is 31.6 Å². The van der Waals surface area contributed by atoms with Crippen LogP contribution in [0.15, 0.2) is 12.2 Å². The first-order valence-electron chi connectivity index (χ1n) is 3.90. The SMILES string of the molecule is COC(=O)C=CCCC1[CH]C1. The zero-order valence-electron chi connectivity index (χ0n) is 6.75. The molecule has 0 aromatic carbocycles. The molecule has 0 bridgehead atoms. The molecule has 1 rings (SSSR count). The Morgan fingerprint density at radius 1 is 1.82 bits per heavy atom. The van der Waals surface area contributed by atoms with E-state index in [1.165, 1.54) is 26.0 Å². The number of carbonyl (C=O) groups excluding carboxylic acids is 1. The summed E-state index contributed by atoms with van der Waals surface area (Å²) in [6.07, 6.45) is 9.06. The Morgan fingerprint density at radius 3 is 3.09 bits per heavy atom. The van der Waals surface area contributed by atoms with Crippen molar-refractivity contribution >= 4 is 5.97 Å². The largest absolute Gasteiger partial charge is 0.466 e. The van der Waals surface area contributed by atoms with Crippen LogP contribution in [0.2, 0.25) is 0 Å². The van der Waals surface area contributed by atoms with Gasteiger partial charge in [-0.15, -0.1) is 0 Å². The highest BCUT2D eigenvalue weighted by Crippen LogP contribution is 2.31. The van der Waals surface area contributed by atoms with E-state index in [1.54, 1.807) is 0 Å². The van der Waals surface area contributed by atoms with Crippen LogP contribution in [0.3, 0.4) is 0 Å². The van der Waals surface area contributed by atoms with Crippen molar-refractivity contribution < 1.29 is 9.53 Å². The average Bonchev–Trinajstić information content (AvgIpc) is 2.81. The molecular weight excluding hydrogens is 140 g/mol. The maximum absolute atomic E-state index is 10.6. The fraction of sp³-hybridized carbons (Fsp3) is 0.556. The lowest BCUT2D eigenvalue weighted by molar-refractivity contribution is -0.134. The third-order valence-corrected chi connectivity index (χ3v) is 1.73. The molecule has 0 aromatic heterocycles. The molecule has 1 unspecified atom stereocenters. The number of carbonyl (C=O) groups is 1. The van der Waals surface area contributed by atoms with Gasteiger partial charge in [0.25, 0.3) is 0 Å². The minimum Gasteiger partial charge on any atom is -0.466 e. The molecule has 1 aliphatic carbocycles. The minimum absolute atomic E-state index is 0.259. The Morgan fingerprint density at radius 2 is 2.55 bits per heavy atom. The molecule has 1 fully saturated rings. The van der Waals surface area contributed by atoms with Crippen molar-refractivity contribution in [3.05, 3.63) is 18.6 Å². The normalized spacial score (nSPS) is 17.2. The first kappa shape index (κ1) is 8.31. The first-order chi connectivity index (χ1) is 5.33. The average molecular weight is 153 g/mol. The van der Waals surface area contributed by atoms with Gasteiger partial charge >= 0.3 is 5.97 Å². The Labute approximate surface area is 67.2 Å². The van der Waals surface area contributed by atoms with Crippen molar-refractivity contribution in [2.24, 2.45) is 5.92 Å². The Hall–Kier alpha value is -0.790. The molecule has 0 aliphatic heterocycles. The summed E-state index contributed by atoms with van der Waals surface area (Å²) in [6.45, 7) is 0. The van der Waals surface area contributed by atoms with Gasteiger partial charge in [-0.25, -0.2) is 4.79 Å². The molecule has 0 aromatic rings. The predicted octanol–water partition coefficient (Wildman–Crippen LogP) is 1.72. The number of hydrogen-bond donors (Lipinski definition) is 0. The van der Waals surface area contributed by atoms with Gasteiger partial charge in [-0.1, -0.05) is 6.08 Å². The van der Waals surface area contributed by atoms with Crippen LogP contribution in [-0.2, 0) is 9.53 Å². The molecule has 0 amide bonds. The molecule has 0 spiro atoms. The van der Waals surface area contributed by atoms with Crippen LogP contribution in [-0.4, -0.2) is 13.1 Å². The molecule has 0 saturated heterocycles. The smallest absolute Gasteiger partial charge is 0.330 e. The zero-order chi connectivity index (χ0) is 8.10. The Kier molecular flexibility index (Phi) is 3.14. The number of hydrogen-bond acceptors (Lipinski definition) is 2. The van der Waals surface area contributed by atoms with E-state index in [1.807, 2.05) is 6.08 Å². The second kappa shape index (κ2) is 4.16. The van der Waals surface area contributed by atoms with Crippen LogP contribution in [0.25, 0.3) is 0 Å². The van der Waals surface area contributed by atoms with Crippen molar-refractivity contribution in [1.82, 2.24) is 0 Å². The summed E-state index contributed by atoms with van der Waals surface area (Å²) in [4.78, 5) is 10.6. The maximum atomic E-state index is 10.6. The number of rotatable bonds is 4. The molecule has 1 radical (unpaired) electrons. The van der Waals surface area contributed by atoms with Gasteiger partial charge in [-0.2, -0.15) is 0 Å². The van der Waals surface area contributed by atoms with Gasteiger partial charge in [0.15, 0.2) is 0 Å². The van der Waals surface area contributed by atoms with Gasteiger partial charge in [-0.3, -0.25) is 0 Å². The van der Waals surface area contributed by atoms with E-state index >= 15 is 0 Å². The van der Waals surface area contributed by atoms with Gasteiger partial charge in [0.2, 0.25) is 0 Å². The summed E-state index contributed by atoms with van der Waals surface area (Å²) in [5, 5.41) is 0. The van der Waals surface area contributed by atoms with Crippen LogP contribution >= 0.6 is 0 Å². The molecule has 61 valence electrons. The standard InChI is InChI=1S/C9H13O2/c1-11-9(10)5-3-2-4-8-6-7-8/h3,5-6,8H,2,4,7H2,1H3. The van der Waals surface area contributed by atoms with Crippen LogP contribution in [0.5, 0.6) is 0 Å². The Bertz CT molecular complexity index is 157. The lowest BCUT2D eigenvalue weighted by atomic mass is 10.2. The highest BCUT2D eigenvalue weighted by molar-refractivity contribution is 5.81. The fourth-order valence-electron chi connectivity index (χ4n) is 0.890. The highest BCUT2D eigenvalue weighted by atomic mass is 16.5. The number of esters is 1. The second-order valence-electron chi connectivity index (χ2n) is 2.73. The monoisotopic (exact) mass is 153 g/mol. The Balaban J connectivity index is 1.99. The predicted molar refractivity (Wildman–Crippen MR) is 42.8 cm³/mol. The van der Waals surface area contributed by atoms with Crippen molar-refractivity contribution in [3.8, 4) is 0 Å². The van der Waals surface area contributed by atoms with E-state index in [0.717, 1.165) is 12.3 Å². The molecule has 2 heteroatoms. The third kappa shape index (κ3) is 3.81. The van der Waals surface area contributed by atoms with Gasteiger partial charge in [0.05, 0.1) is 7.11 Å². The summed E-state index contributed by atoms with van der Waals surface area (Å²) in [5.41, 5.74) is 0.